The number of ether oxygens (including phenoxy) is 1. The lowest BCUT2D eigenvalue weighted by atomic mass is 9.92. The van der Waals surface area contributed by atoms with E-state index in [-0.39, 0.29) is 17.9 Å². The Morgan fingerprint density at radius 3 is 2.78 bits per heavy atom. The molecule has 3 nitrogen and oxygen atoms in total. The van der Waals surface area contributed by atoms with Crippen LogP contribution in [0.2, 0.25) is 0 Å². The zero-order chi connectivity index (χ0) is 16.2. The van der Waals surface area contributed by atoms with Gasteiger partial charge in [-0.3, -0.25) is 4.79 Å². The average molecular weight is 329 g/mol. The lowest BCUT2D eigenvalue weighted by Crippen LogP contribution is -2.49. The molecule has 3 rings (SSSR count). The fourth-order valence-corrected chi connectivity index (χ4v) is 3.78. The van der Waals surface area contributed by atoms with Crippen molar-refractivity contribution in [3.8, 4) is 0 Å². The van der Waals surface area contributed by atoms with Crippen LogP contribution in [0.3, 0.4) is 0 Å². The number of hydrogen-bond acceptors (Lipinski definition) is 3. The molecule has 2 unspecified atom stereocenters. The van der Waals surface area contributed by atoms with Crippen LogP contribution >= 0.6 is 11.3 Å². The summed E-state index contributed by atoms with van der Waals surface area (Å²) in [7, 11) is 0. The van der Waals surface area contributed by atoms with Gasteiger partial charge < -0.3 is 9.64 Å². The first-order valence-electron chi connectivity index (χ1n) is 8.12. The van der Waals surface area contributed by atoms with Crippen LogP contribution in [-0.4, -0.2) is 36.6 Å². The molecule has 23 heavy (non-hydrogen) atoms. The zero-order valence-electron chi connectivity index (χ0n) is 13.7. The van der Waals surface area contributed by atoms with Gasteiger partial charge in [0.25, 0.3) is 0 Å². The van der Waals surface area contributed by atoms with Crippen molar-refractivity contribution in [1.29, 1.82) is 0 Å². The van der Waals surface area contributed by atoms with Gasteiger partial charge in [0.2, 0.25) is 5.91 Å². The number of benzene rings is 1. The summed E-state index contributed by atoms with van der Waals surface area (Å²) in [6.07, 6.45) is 0.767. The standard InChI is InChI=1S/C19H23NO2S/c1-14-5-7-16(8-6-14)18(12-17-4-3-11-23-17)19(21)20-9-10-22-13-15(20)2/h3-8,11,15,18H,9-10,12-13H2,1-2H3. The Morgan fingerprint density at radius 1 is 1.35 bits per heavy atom. The molecule has 0 spiro atoms. The van der Waals surface area contributed by atoms with Gasteiger partial charge in [0, 0.05) is 11.4 Å². The summed E-state index contributed by atoms with van der Waals surface area (Å²) in [5.41, 5.74) is 2.32. The Kier molecular flexibility index (Phi) is 5.13. The van der Waals surface area contributed by atoms with Crippen LogP contribution < -0.4 is 0 Å². The van der Waals surface area contributed by atoms with Gasteiger partial charge in [-0.15, -0.1) is 11.3 Å². The smallest absolute Gasteiger partial charge is 0.230 e. The second kappa shape index (κ2) is 7.28. The highest BCUT2D eigenvalue weighted by atomic mass is 32.1. The molecule has 1 saturated heterocycles. The van der Waals surface area contributed by atoms with Gasteiger partial charge in [0.1, 0.15) is 0 Å². The summed E-state index contributed by atoms with van der Waals surface area (Å²) in [4.78, 5) is 16.4. The maximum Gasteiger partial charge on any atom is 0.230 e. The fourth-order valence-electron chi connectivity index (χ4n) is 3.03. The van der Waals surface area contributed by atoms with Crippen LogP contribution in [0.25, 0.3) is 0 Å². The minimum absolute atomic E-state index is 0.116. The Balaban J connectivity index is 1.87. The van der Waals surface area contributed by atoms with E-state index >= 15 is 0 Å². The molecular weight excluding hydrogens is 306 g/mol. The van der Waals surface area contributed by atoms with E-state index in [9.17, 15) is 4.79 Å². The van der Waals surface area contributed by atoms with Crippen LogP contribution in [0.15, 0.2) is 41.8 Å². The number of morpholine rings is 1. The number of thiophene rings is 1. The van der Waals surface area contributed by atoms with Gasteiger partial charge in [0.15, 0.2) is 0 Å². The highest BCUT2D eigenvalue weighted by Gasteiger charge is 2.31. The van der Waals surface area contributed by atoms with Gasteiger partial charge in [0.05, 0.1) is 25.2 Å². The summed E-state index contributed by atoms with van der Waals surface area (Å²) in [5, 5.41) is 2.07. The van der Waals surface area contributed by atoms with Crippen molar-refractivity contribution in [2.24, 2.45) is 0 Å². The third-order valence-electron chi connectivity index (χ3n) is 4.41. The number of hydrogen-bond donors (Lipinski definition) is 0. The lowest BCUT2D eigenvalue weighted by molar-refractivity contribution is -0.140. The molecular formula is C19H23NO2S. The predicted octanol–water partition coefficient (Wildman–Crippen LogP) is 3.63. The van der Waals surface area contributed by atoms with Crippen LogP contribution in [0.1, 0.15) is 28.8 Å². The van der Waals surface area contributed by atoms with Crippen molar-refractivity contribution in [3.05, 3.63) is 57.8 Å². The number of aryl methyl sites for hydroxylation is 1. The number of rotatable bonds is 4. The van der Waals surface area contributed by atoms with E-state index in [1.807, 2.05) is 11.0 Å². The Morgan fingerprint density at radius 2 is 2.13 bits per heavy atom. The number of carbonyl (C=O) groups is 1. The molecule has 1 aliphatic heterocycles. The summed E-state index contributed by atoms with van der Waals surface area (Å²) in [6, 6.07) is 12.7. The van der Waals surface area contributed by atoms with Gasteiger partial charge in [-0.1, -0.05) is 35.9 Å². The van der Waals surface area contributed by atoms with Crippen LogP contribution in [0.5, 0.6) is 0 Å². The number of nitrogens with zero attached hydrogens (tertiary/aromatic N) is 1. The minimum atomic E-state index is -0.116. The third kappa shape index (κ3) is 3.82. The zero-order valence-corrected chi connectivity index (χ0v) is 14.5. The quantitative estimate of drug-likeness (QED) is 0.857. The van der Waals surface area contributed by atoms with E-state index in [1.54, 1.807) is 11.3 Å². The Hall–Kier alpha value is -1.65. The SMILES string of the molecule is Cc1ccc(C(Cc2cccs2)C(=O)N2CCOCC2C)cc1. The molecule has 0 bridgehead atoms. The molecule has 1 fully saturated rings. The lowest BCUT2D eigenvalue weighted by Gasteiger charge is -2.36. The van der Waals surface area contributed by atoms with Gasteiger partial charge in [-0.2, -0.15) is 0 Å². The topological polar surface area (TPSA) is 29.5 Å². The van der Waals surface area contributed by atoms with E-state index in [0.29, 0.717) is 19.8 Å². The predicted molar refractivity (Wildman–Crippen MR) is 93.9 cm³/mol. The summed E-state index contributed by atoms with van der Waals surface area (Å²) in [5.74, 6) is 0.104. The van der Waals surface area contributed by atoms with Gasteiger partial charge in [-0.25, -0.2) is 0 Å². The second-order valence-electron chi connectivity index (χ2n) is 6.20. The van der Waals surface area contributed by atoms with Gasteiger partial charge in [-0.05, 0) is 37.3 Å². The molecule has 1 amide bonds. The van der Waals surface area contributed by atoms with Crippen LogP contribution in [0.4, 0.5) is 0 Å². The van der Waals surface area contributed by atoms with Crippen molar-refractivity contribution >= 4 is 17.2 Å². The first-order valence-corrected chi connectivity index (χ1v) is 9.00. The molecule has 122 valence electrons. The van der Waals surface area contributed by atoms with Crippen molar-refractivity contribution in [3.63, 3.8) is 0 Å². The summed E-state index contributed by atoms with van der Waals surface area (Å²) in [6.45, 7) is 6.09. The number of amides is 1. The van der Waals surface area contributed by atoms with Gasteiger partial charge >= 0.3 is 0 Å². The van der Waals surface area contributed by atoms with Crippen molar-refractivity contribution in [1.82, 2.24) is 4.90 Å². The monoisotopic (exact) mass is 329 g/mol. The van der Waals surface area contributed by atoms with Crippen molar-refractivity contribution < 1.29 is 9.53 Å². The van der Waals surface area contributed by atoms with E-state index in [1.165, 1.54) is 10.4 Å². The molecule has 2 heterocycles. The van der Waals surface area contributed by atoms with Crippen molar-refractivity contribution in [2.45, 2.75) is 32.2 Å². The van der Waals surface area contributed by atoms with E-state index in [0.717, 1.165) is 12.0 Å². The molecule has 0 saturated carbocycles. The molecule has 1 aliphatic rings. The molecule has 2 aromatic rings. The molecule has 0 N–H and O–H groups in total. The first kappa shape index (κ1) is 16.2. The molecule has 0 radical (unpaired) electrons. The normalized spacial score (nSPS) is 19.6. The molecule has 4 heteroatoms. The summed E-state index contributed by atoms with van der Waals surface area (Å²) < 4.78 is 5.48. The average Bonchev–Trinajstić information content (AvgIpc) is 3.07. The van der Waals surface area contributed by atoms with Crippen LogP contribution in [-0.2, 0) is 16.0 Å². The van der Waals surface area contributed by atoms with Crippen molar-refractivity contribution in [2.75, 3.05) is 19.8 Å². The van der Waals surface area contributed by atoms with E-state index < -0.39 is 0 Å². The highest BCUT2D eigenvalue weighted by molar-refractivity contribution is 7.09. The Bertz CT molecular complexity index is 636. The Labute approximate surface area is 141 Å². The maximum absolute atomic E-state index is 13.2. The minimum Gasteiger partial charge on any atom is -0.377 e. The van der Waals surface area contributed by atoms with E-state index in [2.05, 4.69) is 49.6 Å². The van der Waals surface area contributed by atoms with E-state index in [4.69, 9.17) is 4.74 Å². The molecule has 1 aromatic carbocycles. The largest absolute Gasteiger partial charge is 0.377 e. The molecule has 2 atom stereocenters. The maximum atomic E-state index is 13.2. The fraction of sp³-hybridized carbons (Fsp3) is 0.421. The van der Waals surface area contributed by atoms with Crippen LogP contribution in [0, 0.1) is 6.92 Å². The first-order chi connectivity index (χ1) is 11.1. The highest BCUT2D eigenvalue weighted by Crippen LogP contribution is 2.27. The number of carbonyl (C=O) groups excluding carboxylic acids is 1. The summed E-state index contributed by atoms with van der Waals surface area (Å²) >= 11 is 1.72. The second-order valence-corrected chi connectivity index (χ2v) is 7.23. The third-order valence-corrected chi connectivity index (χ3v) is 5.31. The molecule has 0 aliphatic carbocycles. The molecule has 1 aromatic heterocycles.